The maximum Gasteiger partial charge on any atom is 0.424 e. The van der Waals surface area contributed by atoms with Crippen molar-refractivity contribution >= 4 is 34.5 Å². The molecule has 0 saturated carbocycles. The smallest absolute Gasteiger partial charge is 0.424 e. The van der Waals surface area contributed by atoms with Crippen LogP contribution < -0.4 is 10.6 Å². The summed E-state index contributed by atoms with van der Waals surface area (Å²) in [6.07, 6.45) is 1.72. The van der Waals surface area contributed by atoms with Crippen LogP contribution in [0.1, 0.15) is 47.1 Å². The average Bonchev–Trinajstić information content (AvgIpc) is 2.69. The summed E-state index contributed by atoms with van der Waals surface area (Å²) in [6, 6.07) is 2.83. The predicted octanol–water partition coefficient (Wildman–Crippen LogP) is 6.14. The summed E-state index contributed by atoms with van der Waals surface area (Å²) in [5, 5.41) is 0.290. The zero-order valence-electron chi connectivity index (χ0n) is 20.7. The van der Waals surface area contributed by atoms with Crippen LogP contribution in [-0.2, 0) is 9.47 Å². The summed E-state index contributed by atoms with van der Waals surface area (Å²) in [5.41, 5.74) is 4.19. The van der Waals surface area contributed by atoms with Crippen LogP contribution in [0.3, 0.4) is 0 Å². The molecular weight excluding hydrogens is 458 g/mol. The number of pyridine rings is 2. The number of fused-ring (bicyclic) bond motifs is 1. The van der Waals surface area contributed by atoms with Gasteiger partial charge in [-0.05, 0) is 71.5 Å². The molecule has 0 saturated heterocycles. The number of hydrogen-bond acceptors (Lipinski definition) is 7. The summed E-state index contributed by atoms with van der Waals surface area (Å²) in [5.74, 6) is -2.10. The molecular formula is C25H28F2N4O4. The van der Waals surface area contributed by atoms with E-state index >= 15 is 4.39 Å². The normalized spacial score (nSPS) is 11.9. The molecule has 3 aromatic rings. The topological polar surface area (TPSA) is 108 Å². The average molecular weight is 487 g/mol. The Hall–Kier alpha value is -3.82. The van der Waals surface area contributed by atoms with Crippen molar-refractivity contribution in [2.45, 2.75) is 59.7 Å². The molecule has 3 rings (SSSR count). The van der Waals surface area contributed by atoms with Crippen molar-refractivity contribution < 1.29 is 27.8 Å². The Morgan fingerprint density at radius 2 is 1.46 bits per heavy atom. The van der Waals surface area contributed by atoms with Crippen molar-refractivity contribution in [1.29, 1.82) is 0 Å². The van der Waals surface area contributed by atoms with Gasteiger partial charge in [0.15, 0.2) is 11.6 Å². The van der Waals surface area contributed by atoms with Crippen LogP contribution >= 0.6 is 0 Å². The van der Waals surface area contributed by atoms with Gasteiger partial charge in [0.1, 0.15) is 17.0 Å². The highest BCUT2D eigenvalue weighted by atomic mass is 19.2. The first kappa shape index (κ1) is 25.8. The Balaban J connectivity index is 2.21. The maximum atomic E-state index is 15.1. The minimum Gasteiger partial charge on any atom is -0.443 e. The minimum absolute atomic E-state index is 0.000136. The van der Waals surface area contributed by atoms with E-state index < -0.39 is 35.0 Å². The Labute approximate surface area is 202 Å². The van der Waals surface area contributed by atoms with Gasteiger partial charge >= 0.3 is 12.2 Å². The molecule has 2 aromatic heterocycles. The van der Waals surface area contributed by atoms with Gasteiger partial charge in [-0.3, -0.25) is 4.98 Å². The fourth-order valence-electron chi connectivity index (χ4n) is 3.34. The third-order valence-corrected chi connectivity index (χ3v) is 4.79. The number of amides is 2. The van der Waals surface area contributed by atoms with Gasteiger partial charge in [-0.25, -0.2) is 23.4 Å². The largest absolute Gasteiger partial charge is 0.443 e. The van der Waals surface area contributed by atoms with Crippen LogP contribution in [-0.4, -0.2) is 33.4 Å². The molecule has 2 heterocycles. The molecule has 0 bridgehead atoms. The number of carbonyl (C=O) groups excluding carboxylic acids is 2. The van der Waals surface area contributed by atoms with E-state index in [0.29, 0.717) is 10.3 Å². The van der Waals surface area contributed by atoms with Gasteiger partial charge in [0.05, 0.1) is 11.9 Å². The first-order chi connectivity index (χ1) is 16.1. The molecule has 0 spiro atoms. The van der Waals surface area contributed by atoms with E-state index in [4.69, 9.17) is 15.2 Å². The number of nitrogen functional groups attached to an aromatic ring is 1. The lowest BCUT2D eigenvalue weighted by atomic mass is 9.98. The van der Waals surface area contributed by atoms with Crippen LogP contribution in [0.15, 0.2) is 30.7 Å². The second-order valence-electron chi connectivity index (χ2n) is 10.0. The van der Waals surface area contributed by atoms with Crippen molar-refractivity contribution in [3.05, 3.63) is 47.9 Å². The van der Waals surface area contributed by atoms with Gasteiger partial charge in [0.2, 0.25) is 0 Å². The molecule has 35 heavy (non-hydrogen) atoms. The third-order valence-electron chi connectivity index (χ3n) is 4.79. The number of rotatable bonds is 2. The fourth-order valence-corrected chi connectivity index (χ4v) is 3.34. The lowest BCUT2D eigenvalue weighted by Gasteiger charge is -2.29. The summed E-state index contributed by atoms with van der Waals surface area (Å²) in [6.45, 7) is 11.4. The standard InChI is InChI=1S/C25H28F2N4O4/c1-13-16(15-8-14-9-19(28)30-11-17(14)21(27)20(15)26)10-29-12-18(13)31(22(32)34-24(2,3)4)23(33)35-25(5,6)7/h8-12H,1-7H3,(H2,28,30). The lowest BCUT2D eigenvalue weighted by Crippen LogP contribution is -2.44. The molecule has 0 unspecified atom stereocenters. The van der Waals surface area contributed by atoms with Crippen LogP contribution in [0.4, 0.5) is 29.9 Å². The number of aromatic nitrogens is 2. The quantitative estimate of drug-likeness (QED) is 0.463. The van der Waals surface area contributed by atoms with E-state index in [1.165, 1.54) is 24.5 Å². The van der Waals surface area contributed by atoms with Crippen molar-refractivity contribution in [3.63, 3.8) is 0 Å². The predicted molar refractivity (Wildman–Crippen MR) is 129 cm³/mol. The van der Waals surface area contributed by atoms with Crippen molar-refractivity contribution in [1.82, 2.24) is 9.97 Å². The molecule has 0 atom stereocenters. The highest BCUT2D eigenvalue weighted by molar-refractivity contribution is 6.10. The molecule has 2 amide bonds. The number of benzene rings is 1. The third kappa shape index (κ3) is 5.64. The summed E-state index contributed by atoms with van der Waals surface area (Å²) < 4.78 is 40.8. The van der Waals surface area contributed by atoms with Crippen LogP contribution in [0.5, 0.6) is 0 Å². The maximum absolute atomic E-state index is 15.1. The molecule has 1 aromatic carbocycles. The van der Waals surface area contributed by atoms with Crippen LogP contribution in [0.25, 0.3) is 21.9 Å². The molecule has 186 valence electrons. The van der Waals surface area contributed by atoms with Crippen LogP contribution in [0, 0.1) is 18.6 Å². The Morgan fingerprint density at radius 3 is 2.00 bits per heavy atom. The van der Waals surface area contributed by atoms with Crippen molar-refractivity contribution in [2.75, 3.05) is 10.6 Å². The molecule has 8 nitrogen and oxygen atoms in total. The first-order valence-electron chi connectivity index (χ1n) is 10.8. The molecule has 0 aliphatic carbocycles. The van der Waals surface area contributed by atoms with E-state index in [0.717, 1.165) is 6.20 Å². The number of halogens is 2. The minimum atomic E-state index is -1.13. The number of ether oxygens (including phenoxy) is 2. The molecule has 0 fully saturated rings. The molecule has 0 aliphatic rings. The summed E-state index contributed by atoms with van der Waals surface area (Å²) in [7, 11) is 0. The molecule has 10 heteroatoms. The van der Waals surface area contributed by atoms with Gasteiger partial charge in [0, 0.05) is 28.9 Å². The Morgan fingerprint density at radius 1 is 0.886 bits per heavy atom. The zero-order valence-corrected chi connectivity index (χ0v) is 20.7. The molecule has 0 aliphatic heterocycles. The second kappa shape index (κ2) is 9.09. The van der Waals surface area contributed by atoms with Gasteiger partial charge in [0.25, 0.3) is 0 Å². The van der Waals surface area contributed by atoms with E-state index in [1.807, 2.05) is 0 Å². The SMILES string of the molecule is Cc1c(-c2cc3cc(N)ncc3c(F)c2F)cncc1N(C(=O)OC(C)(C)C)C(=O)OC(C)(C)C. The highest BCUT2D eigenvalue weighted by Gasteiger charge is 2.34. The Kier molecular flexibility index (Phi) is 6.70. The van der Waals surface area contributed by atoms with Crippen molar-refractivity contribution in [3.8, 4) is 11.1 Å². The number of nitrogens with zero attached hydrogens (tertiary/aromatic N) is 3. The number of anilines is 2. The van der Waals surface area contributed by atoms with Crippen LogP contribution in [0.2, 0.25) is 0 Å². The molecule has 0 radical (unpaired) electrons. The summed E-state index contributed by atoms with van der Waals surface area (Å²) in [4.78, 5) is 34.7. The monoisotopic (exact) mass is 486 g/mol. The highest BCUT2D eigenvalue weighted by Crippen LogP contribution is 2.36. The van der Waals surface area contributed by atoms with E-state index in [2.05, 4.69) is 9.97 Å². The number of hydrogen-bond donors (Lipinski definition) is 1. The van der Waals surface area contributed by atoms with E-state index in [1.54, 1.807) is 48.5 Å². The lowest BCUT2D eigenvalue weighted by molar-refractivity contribution is 0.0430. The van der Waals surface area contributed by atoms with Gasteiger partial charge < -0.3 is 15.2 Å². The second-order valence-corrected chi connectivity index (χ2v) is 10.0. The first-order valence-corrected chi connectivity index (χ1v) is 10.8. The number of imide groups is 1. The van der Waals surface area contributed by atoms with Gasteiger partial charge in [-0.1, -0.05) is 0 Å². The van der Waals surface area contributed by atoms with E-state index in [-0.39, 0.29) is 33.6 Å². The summed E-state index contributed by atoms with van der Waals surface area (Å²) >= 11 is 0. The van der Waals surface area contributed by atoms with Crippen molar-refractivity contribution in [2.24, 2.45) is 0 Å². The number of carbonyl (C=O) groups is 2. The zero-order chi connectivity index (χ0) is 26.3. The van der Waals surface area contributed by atoms with Gasteiger partial charge in [-0.2, -0.15) is 4.90 Å². The van der Waals surface area contributed by atoms with E-state index in [9.17, 15) is 14.0 Å². The molecule has 2 N–H and O–H groups in total. The Bertz CT molecular complexity index is 1290. The fraction of sp³-hybridized carbons (Fsp3) is 0.360. The van der Waals surface area contributed by atoms with Gasteiger partial charge in [-0.15, -0.1) is 0 Å². The number of nitrogens with two attached hydrogens (primary N) is 1.